The van der Waals surface area contributed by atoms with E-state index in [1.54, 1.807) is 0 Å². The van der Waals surface area contributed by atoms with Gasteiger partial charge in [-0.25, -0.2) is 8.42 Å². The van der Waals surface area contributed by atoms with Gasteiger partial charge < -0.3 is 10.1 Å². The molecule has 0 saturated carbocycles. The number of unbranched alkanes of at least 4 members (excludes halogenated alkanes) is 1. The number of alkyl halides is 3. The molecule has 12 heteroatoms. The van der Waals surface area contributed by atoms with Crippen molar-refractivity contribution >= 4 is 33.5 Å². The van der Waals surface area contributed by atoms with Crippen LogP contribution in [0.4, 0.5) is 13.2 Å². The predicted molar refractivity (Wildman–Crippen MR) is 95.1 cm³/mol. The maximum atomic E-state index is 12.9. The Morgan fingerprint density at radius 2 is 1.93 bits per heavy atom. The molecule has 0 aliphatic rings. The Morgan fingerprint density at radius 3 is 2.50 bits per heavy atom. The lowest BCUT2D eigenvalue weighted by atomic mass is 10.2. The van der Waals surface area contributed by atoms with Crippen LogP contribution < -0.4 is 10.0 Å². The summed E-state index contributed by atoms with van der Waals surface area (Å²) in [6.45, 7) is 2.87. The van der Waals surface area contributed by atoms with E-state index in [1.165, 1.54) is 0 Å². The number of esters is 1. The van der Waals surface area contributed by atoms with Crippen LogP contribution in [0.5, 0.6) is 0 Å². The Bertz CT molecular complexity index is 815. The fraction of sp³-hybridized carbons (Fsp3) is 0.500. The zero-order valence-electron chi connectivity index (χ0n) is 15.1. The highest BCUT2D eigenvalue weighted by atomic mass is 35.5. The van der Waals surface area contributed by atoms with Gasteiger partial charge in [0.1, 0.15) is 6.04 Å². The third-order valence-electron chi connectivity index (χ3n) is 3.44. The minimum atomic E-state index is -4.85. The maximum Gasteiger partial charge on any atom is 0.417 e. The van der Waals surface area contributed by atoms with Gasteiger partial charge in [-0.2, -0.15) is 17.9 Å². The zero-order chi connectivity index (χ0) is 21.5. The van der Waals surface area contributed by atoms with E-state index >= 15 is 0 Å². The van der Waals surface area contributed by atoms with Crippen LogP contribution in [0.15, 0.2) is 23.1 Å². The average Bonchev–Trinajstić information content (AvgIpc) is 2.58. The molecule has 1 unspecified atom stereocenters. The highest BCUT2D eigenvalue weighted by molar-refractivity contribution is 7.89. The lowest BCUT2D eigenvalue weighted by Crippen LogP contribution is -2.41. The average molecular weight is 445 g/mol. The number of nitrogens with one attached hydrogen (secondary N) is 2. The molecule has 0 fully saturated rings. The van der Waals surface area contributed by atoms with Crippen molar-refractivity contribution in [3.8, 4) is 0 Å². The molecule has 0 heterocycles. The zero-order valence-corrected chi connectivity index (χ0v) is 16.7. The Morgan fingerprint density at radius 1 is 1.29 bits per heavy atom. The summed E-state index contributed by atoms with van der Waals surface area (Å²) in [5.74, 6) is -1.61. The molecule has 1 atom stereocenters. The molecule has 1 rings (SSSR count). The number of hydrogen-bond acceptors (Lipinski definition) is 5. The van der Waals surface area contributed by atoms with Crippen LogP contribution in [0.2, 0.25) is 5.02 Å². The minimum absolute atomic E-state index is 0.365. The van der Waals surface area contributed by atoms with Crippen LogP contribution in [-0.2, 0) is 30.5 Å². The summed E-state index contributed by atoms with van der Waals surface area (Å²) in [6, 6.07) is 0.601. The van der Waals surface area contributed by atoms with Gasteiger partial charge in [0.2, 0.25) is 10.0 Å². The van der Waals surface area contributed by atoms with Gasteiger partial charge >= 0.3 is 12.1 Å². The van der Waals surface area contributed by atoms with E-state index in [9.17, 15) is 31.2 Å². The molecule has 1 amide bonds. The Hall–Kier alpha value is -1.85. The summed E-state index contributed by atoms with van der Waals surface area (Å²) in [4.78, 5) is 22.6. The summed E-state index contributed by atoms with van der Waals surface area (Å²) in [6.07, 6.45) is -3.24. The van der Waals surface area contributed by atoms with Crippen molar-refractivity contribution in [1.82, 2.24) is 10.0 Å². The van der Waals surface area contributed by atoms with Crippen LogP contribution in [0.1, 0.15) is 32.3 Å². The Balaban J connectivity index is 2.76. The summed E-state index contributed by atoms with van der Waals surface area (Å²) < 4.78 is 69.7. The number of ether oxygens (including phenoxy) is 1. The van der Waals surface area contributed by atoms with Gasteiger partial charge in [0.05, 0.1) is 15.5 Å². The molecule has 0 bridgehead atoms. The number of carbonyl (C=O) groups is 2. The molecule has 2 N–H and O–H groups in total. The normalized spacial score (nSPS) is 13.1. The molecule has 1 aromatic rings. The second-order valence-corrected chi connectivity index (χ2v) is 7.91. The lowest BCUT2D eigenvalue weighted by Gasteiger charge is -2.15. The number of benzene rings is 1. The van der Waals surface area contributed by atoms with Gasteiger partial charge in [0.25, 0.3) is 5.91 Å². The van der Waals surface area contributed by atoms with Crippen LogP contribution in [0.3, 0.4) is 0 Å². The highest BCUT2D eigenvalue weighted by Gasteiger charge is 2.35. The van der Waals surface area contributed by atoms with Crippen molar-refractivity contribution in [3.63, 3.8) is 0 Å². The van der Waals surface area contributed by atoms with Gasteiger partial charge in [-0.1, -0.05) is 24.9 Å². The van der Waals surface area contributed by atoms with E-state index in [4.69, 9.17) is 16.3 Å². The molecule has 158 valence electrons. The van der Waals surface area contributed by atoms with Crippen LogP contribution in [-0.4, -0.2) is 39.5 Å². The summed E-state index contributed by atoms with van der Waals surface area (Å²) in [7, 11) is -4.47. The molecule has 0 saturated heterocycles. The first kappa shape index (κ1) is 24.2. The van der Waals surface area contributed by atoms with E-state index in [1.807, 2.05) is 11.6 Å². The lowest BCUT2D eigenvalue weighted by molar-refractivity contribution is -0.149. The Labute approximate surface area is 165 Å². The van der Waals surface area contributed by atoms with Crippen LogP contribution >= 0.6 is 11.6 Å². The second-order valence-electron chi connectivity index (χ2n) is 5.79. The fourth-order valence-electron chi connectivity index (χ4n) is 1.95. The summed E-state index contributed by atoms with van der Waals surface area (Å²) >= 11 is 5.46. The number of halogens is 4. The second kappa shape index (κ2) is 10.1. The van der Waals surface area contributed by atoms with Crippen molar-refractivity contribution in [2.24, 2.45) is 0 Å². The number of sulfonamides is 1. The van der Waals surface area contributed by atoms with Crippen molar-refractivity contribution in [2.75, 3.05) is 13.2 Å². The quantitative estimate of drug-likeness (QED) is 0.450. The van der Waals surface area contributed by atoms with Gasteiger partial charge in [-0.15, -0.1) is 0 Å². The minimum Gasteiger partial charge on any atom is -0.454 e. The van der Waals surface area contributed by atoms with Crippen LogP contribution in [0, 0.1) is 0 Å². The summed E-state index contributed by atoms with van der Waals surface area (Å²) in [5.41, 5.74) is -1.32. The molecule has 0 radical (unpaired) electrons. The van der Waals surface area contributed by atoms with Gasteiger partial charge in [-0.05, 0) is 31.5 Å². The first-order valence-corrected chi connectivity index (χ1v) is 10.1. The first-order chi connectivity index (χ1) is 12.9. The SMILES string of the molecule is CCCCNC(=O)COC(=O)C(C)NS(=O)(=O)c1ccc(Cl)c(C(F)(F)F)c1. The molecule has 0 spiro atoms. The standard InChI is InChI=1S/C16H20ClF3N2O5S/c1-3-4-7-21-14(23)9-27-15(24)10(2)22-28(25,26)11-5-6-13(17)12(8-11)16(18,19)20/h5-6,8,10,22H,3-4,7,9H2,1-2H3,(H,21,23). The van der Waals surface area contributed by atoms with E-state index in [2.05, 4.69) is 5.32 Å². The molecule has 28 heavy (non-hydrogen) atoms. The largest absolute Gasteiger partial charge is 0.454 e. The maximum absolute atomic E-state index is 12.9. The Kier molecular flexibility index (Phi) is 8.71. The monoisotopic (exact) mass is 444 g/mol. The third kappa shape index (κ3) is 7.28. The van der Waals surface area contributed by atoms with E-state index in [0.717, 1.165) is 31.9 Å². The number of rotatable bonds is 9. The third-order valence-corrected chi connectivity index (χ3v) is 5.31. The number of hydrogen-bond donors (Lipinski definition) is 2. The van der Waals surface area contributed by atoms with Gasteiger partial charge in [-0.3, -0.25) is 9.59 Å². The van der Waals surface area contributed by atoms with Crippen molar-refractivity contribution < 1.29 is 35.9 Å². The highest BCUT2D eigenvalue weighted by Crippen LogP contribution is 2.35. The molecule has 7 nitrogen and oxygen atoms in total. The van der Waals surface area contributed by atoms with Crippen LogP contribution in [0.25, 0.3) is 0 Å². The smallest absolute Gasteiger partial charge is 0.417 e. The van der Waals surface area contributed by atoms with Gasteiger partial charge in [0.15, 0.2) is 6.61 Å². The topological polar surface area (TPSA) is 102 Å². The molecule has 1 aromatic carbocycles. The fourth-order valence-corrected chi connectivity index (χ4v) is 3.40. The summed E-state index contributed by atoms with van der Waals surface area (Å²) in [5, 5.41) is 1.84. The molecule has 0 aliphatic heterocycles. The van der Waals surface area contributed by atoms with Crippen molar-refractivity contribution in [3.05, 3.63) is 28.8 Å². The molecular weight excluding hydrogens is 425 g/mol. The predicted octanol–water partition coefficient (Wildman–Crippen LogP) is 2.49. The molecule has 0 aromatic heterocycles. The number of carbonyl (C=O) groups excluding carboxylic acids is 2. The van der Waals surface area contributed by atoms with Crippen molar-refractivity contribution in [1.29, 1.82) is 0 Å². The molecule has 0 aliphatic carbocycles. The molecular formula is C16H20ClF3N2O5S. The van der Waals surface area contributed by atoms with Crippen molar-refractivity contribution in [2.45, 2.75) is 43.8 Å². The first-order valence-electron chi connectivity index (χ1n) is 8.21. The number of amides is 1. The van der Waals surface area contributed by atoms with Gasteiger partial charge in [0, 0.05) is 6.54 Å². The van der Waals surface area contributed by atoms with E-state index in [-0.39, 0.29) is 0 Å². The van der Waals surface area contributed by atoms with E-state index < -0.39 is 56.2 Å². The van der Waals surface area contributed by atoms with E-state index in [0.29, 0.717) is 12.6 Å².